The molecule has 1 unspecified atom stereocenters. The van der Waals surface area contributed by atoms with E-state index in [9.17, 15) is 0 Å². The molecule has 0 saturated carbocycles. The molecule has 0 radical (unpaired) electrons. The van der Waals surface area contributed by atoms with Crippen LogP contribution in [0.2, 0.25) is 0 Å². The molecule has 18 heavy (non-hydrogen) atoms. The van der Waals surface area contributed by atoms with E-state index in [0.29, 0.717) is 5.92 Å². The predicted molar refractivity (Wildman–Crippen MR) is 73.7 cm³/mol. The maximum absolute atomic E-state index is 5.88. The van der Waals surface area contributed by atoms with Crippen molar-refractivity contribution in [1.29, 1.82) is 0 Å². The van der Waals surface area contributed by atoms with Gasteiger partial charge in [-0.05, 0) is 61.3 Å². The predicted octanol–water partition coefficient (Wildman–Crippen LogP) is 2.69. The lowest BCUT2D eigenvalue weighted by atomic mass is 10.0. The second-order valence-electron chi connectivity index (χ2n) is 5.68. The Morgan fingerprint density at radius 3 is 3.00 bits per heavy atom. The highest BCUT2D eigenvalue weighted by atomic mass is 16.5. The van der Waals surface area contributed by atoms with Gasteiger partial charge in [0.1, 0.15) is 0 Å². The summed E-state index contributed by atoms with van der Waals surface area (Å²) in [5, 5.41) is 3.44. The van der Waals surface area contributed by atoms with Crippen LogP contribution >= 0.6 is 0 Å². The van der Waals surface area contributed by atoms with E-state index in [1.165, 1.54) is 44.2 Å². The fourth-order valence-electron chi connectivity index (χ4n) is 3.12. The Kier molecular flexibility index (Phi) is 3.96. The van der Waals surface area contributed by atoms with Crippen LogP contribution in [0.4, 0.5) is 0 Å². The molecule has 1 heterocycles. The second-order valence-corrected chi connectivity index (χ2v) is 5.68. The minimum absolute atomic E-state index is 0.716. The summed E-state index contributed by atoms with van der Waals surface area (Å²) in [5.74, 6) is 0.716. The van der Waals surface area contributed by atoms with Crippen LogP contribution in [0.1, 0.15) is 36.0 Å². The van der Waals surface area contributed by atoms with Gasteiger partial charge in [-0.25, -0.2) is 0 Å². The summed E-state index contributed by atoms with van der Waals surface area (Å²) in [5.41, 5.74) is 4.45. The number of rotatable bonds is 4. The first kappa shape index (κ1) is 12.2. The van der Waals surface area contributed by atoms with Gasteiger partial charge in [0, 0.05) is 6.54 Å². The maximum atomic E-state index is 5.88. The maximum Gasteiger partial charge on any atom is 0.0717 e. The van der Waals surface area contributed by atoms with E-state index in [4.69, 9.17) is 4.74 Å². The lowest BCUT2D eigenvalue weighted by molar-refractivity contribution is 0.0782. The van der Waals surface area contributed by atoms with Gasteiger partial charge >= 0.3 is 0 Å². The first-order valence-electron chi connectivity index (χ1n) is 7.31. The zero-order valence-electron chi connectivity index (χ0n) is 11.1. The molecule has 0 bridgehead atoms. The summed E-state index contributed by atoms with van der Waals surface area (Å²) in [6.07, 6.45) is 6.47. The molecule has 2 heteroatoms. The normalized spacial score (nSPS) is 23.0. The largest absolute Gasteiger partial charge is 0.376 e. The monoisotopic (exact) mass is 245 g/mol. The van der Waals surface area contributed by atoms with Crippen molar-refractivity contribution in [3.05, 3.63) is 34.9 Å². The third-order valence-corrected chi connectivity index (χ3v) is 4.18. The number of fused-ring (bicyclic) bond motifs is 1. The van der Waals surface area contributed by atoms with E-state index >= 15 is 0 Å². The Balaban J connectivity index is 1.48. The van der Waals surface area contributed by atoms with Crippen molar-refractivity contribution in [2.75, 3.05) is 19.7 Å². The number of aryl methyl sites for hydroxylation is 2. The standard InChI is InChI=1S/C16H23NO/c1-4-15-7-6-13(9-16(15)5-1)11-18-12-14-3-2-8-17-10-14/h6-7,9,14,17H,1-5,8,10-12H2. The van der Waals surface area contributed by atoms with Gasteiger partial charge in [0.25, 0.3) is 0 Å². The van der Waals surface area contributed by atoms with E-state index in [-0.39, 0.29) is 0 Å². The average Bonchev–Trinajstić information content (AvgIpc) is 2.87. The Morgan fingerprint density at radius 1 is 1.17 bits per heavy atom. The van der Waals surface area contributed by atoms with Crippen molar-refractivity contribution in [1.82, 2.24) is 5.32 Å². The summed E-state index contributed by atoms with van der Waals surface area (Å²) in [6, 6.07) is 6.88. The number of hydrogen-bond acceptors (Lipinski definition) is 2. The lowest BCUT2D eigenvalue weighted by Crippen LogP contribution is -2.32. The molecule has 1 atom stereocenters. The fraction of sp³-hybridized carbons (Fsp3) is 0.625. The van der Waals surface area contributed by atoms with E-state index in [1.54, 1.807) is 11.1 Å². The number of ether oxygens (including phenoxy) is 1. The van der Waals surface area contributed by atoms with Crippen LogP contribution in [0.15, 0.2) is 18.2 Å². The average molecular weight is 245 g/mol. The highest BCUT2D eigenvalue weighted by Crippen LogP contribution is 2.23. The van der Waals surface area contributed by atoms with Gasteiger partial charge in [0.05, 0.1) is 13.2 Å². The van der Waals surface area contributed by atoms with Gasteiger partial charge in [-0.2, -0.15) is 0 Å². The Labute approximate surface area is 110 Å². The van der Waals surface area contributed by atoms with Gasteiger partial charge in [-0.15, -0.1) is 0 Å². The van der Waals surface area contributed by atoms with Gasteiger partial charge in [-0.1, -0.05) is 18.2 Å². The van der Waals surface area contributed by atoms with Gasteiger partial charge in [0.2, 0.25) is 0 Å². The van der Waals surface area contributed by atoms with Gasteiger partial charge in [-0.3, -0.25) is 0 Å². The third-order valence-electron chi connectivity index (χ3n) is 4.18. The van der Waals surface area contributed by atoms with E-state index in [2.05, 4.69) is 23.5 Å². The van der Waals surface area contributed by atoms with Gasteiger partial charge in [0.15, 0.2) is 0 Å². The minimum atomic E-state index is 0.716. The molecule has 0 amide bonds. The van der Waals surface area contributed by atoms with E-state index in [0.717, 1.165) is 19.8 Å². The molecule has 1 aromatic rings. The second kappa shape index (κ2) is 5.85. The first-order chi connectivity index (χ1) is 8.92. The molecular formula is C16H23NO. The molecule has 2 nitrogen and oxygen atoms in total. The van der Waals surface area contributed by atoms with Crippen LogP contribution in [0.3, 0.4) is 0 Å². The lowest BCUT2D eigenvalue weighted by Gasteiger charge is -2.22. The molecule has 3 rings (SSSR count). The highest BCUT2D eigenvalue weighted by Gasteiger charge is 2.13. The molecule has 1 fully saturated rings. The topological polar surface area (TPSA) is 21.3 Å². The van der Waals surface area contributed by atoms with Crippen LogP contribution in [0.25, 0.3) is 0 Å². The molecular weight excluding hydrogens is 222 g/mol. The molecule has 1 aliphatic heterocycles. The summed E-state index contributed by atoms with van der Waals surface area (Å²) in [4.78, 5) is 0. The number of nitrogens with one attached hydrogen (secondary N) is 1. The fourth-order valence-corrected chi connectivity index (χ4v) is 3.12. The Bertz CT molecular complexity index is 396. The van der Waals surface area contributed by atoms with Crippen LogP contribution < -0.4 is 5.32 Å². The summed E-state index contributed by atoms with van der Waals surface area (Å²) < 4.78 is 5.88. The van der Waals surface area contributed by atoms with Crippen molar-refractivity contribution in [2.24, 2.45) is 5.92 Å². The summed E-state index contributed by atoms with van der Waals surface area (Å²) in [6.45, 7) is 4.00. The number of piperidine rings is 1. The van der Waals surface area contributed by atoms with Gasteiger partial charge < -0.3 is 10.1 Å². The molecule has 1 N–H and O–H groups in total. The Hall–Kier alpha value is -0.860. The summed E-state index contributed by atoms with van der Waals surface area (Å²) in [7, 11) is 0. The molecule has 0 spiro atoms. The van der Waals surface area contributed by atoms with Crippen LogP contribution in [0.5, 0.6) is 0 Å². The molecule has 98 valence electrons. The SMILES string of the molecule is c1cc2c(cc1COCC1CCCNC1)CCC2. The molecule has 0 aromatic heterocycles. The first-order valence-corrected chi connectivity index (χ1v) is 7.31. The highest BCUT2D eigenvalue weighted by molar-refractivity contribution is 5.34. The zero-order valence-corrected chi connectivity index (χ0v) is 11.1. The quantitative estimate of drug-likeness (QED) is 0.880. The third kappa shape index (κ3) is 2.93. The zero-order chi connectivity index (χ0) is 12.2. The smallest absolute Gasteiger partial charge is 0.0717 e. The van der Waals surface area contributed by atoms with Crippen molar-refractivity contribution in [3.8, 4) is 0 Å². The Morgan fingerprint density at radius 2 is 2.11 bits per heavy atom. The molecule has 2 aliphatic rings. The van der Waals surface area contributed by atoms with Crippen LogP contribution in [0, 0.1) is 5.92 Å². The van der Waals surface area contributed by atoms with Crippen molar-refractivity contribution in [2.45, 2.75) is 38.7 Å². The molecule has 1 saturated heterocycles. The van der Waals surface area contributed by atoms with Crippen molar-refractivity contribution in [3.63, 3.8) is 0 Å². The van der Waals surface area contributed by atoms with E-state index in [1.807, 2.05) is 0 Å². The van der Waals surface area contributed by atoms with Crippen LogP contribution in [-0.2, 0) is 24.2 Å². The number of benzene rings is 1. The van der Waals surface area contributed by atoms with Crippen LogP contribution in [-0.4, -0.2) is 19.7 Å². The van der Waals surface area contributed by atoms with E-state index < -0.39 is 0 Å². The number of hydrogen-bond donors (Lipinski definition) is 1. The van der Waals surface area contributed by atoms with Crippen molar-refractivity contribution < 1.29 is 4.74 Å². The minimum Gasteiger partial charge on any atom is -0.376 e. The molecule has 1 aliphatic carbocycles. The molecule has 1 aromatic carbocycles. The summed E-state index contributed by atoms with van der Waals surface area (Å²) >= 11 is 0. The van der Waals surface area contributed by atoms with Crippen molar-refractivity contribution >= 4 is 0 Å².